The van der Waals surface area contributed by atoms with Crippen molar-refractivity contribution in [2.75, 3.05) is 6.54 Å². The van der Waals surface area contributed by atoms with Crippen LogP contribution >= 0.6 is 11.6 Å². The Bertz CT molecular complexity index is 525. The first kappa shape index (κ1) is 14.0. The van der Waals surface area contributed by atoms with Crippen molar-refractivity contribution in [2.45, 2.75) is 32.7 Å². The zero-order valence-corrected chi connectivity index (χ0v) is 11.9. The van der Waals surface area contributed by atoms with Crippen molar-refractivity contribution in [3.63, 3.8) is 0 Å². The second-order valence-corrected chi connectivity index (χ2v) is 5.12. The fraction of sp³-hybridized carbons (Fsp3) is 0.429. The predicted molar refractivity (Wildman–Crippen MR) is 75.4 cm³/mol. The molecule has 0 atom stereocenters. The molecule has 0 bridgehead atoms. The van der Waals surface area contributed by atoms with Crippen LogP contribution in [0.15, 0.2) is 28.7 Å². The van der Waals surface area contributed by atoms with Gasteiger partial charge in [0.15, 0.2) is 0 Å². The summed E-state index contributed by atoms with van der Waals surface area (Å²) in [5, 5.41) is 12.1. The van der Waals surface area contributed by atoms with Crippen molar-refractivity contribution < 1.29 is 4.42 Å². The van der Waals surface area contributed by atoms with Gasteiger partial charge >= 0.3 is 0 Å². The van der Waals surface area contributed by atoms with Crippen LogP contribution in [0.2, 0.25) is 5.02 Å². The van der Waals surface area contributed by atoms with E-state index in [4.69, 9.17) is 16.0 Å². The molecule has 1 aromatic carbocycles. The molecule has 0 saturated carbocycles. The van der Waals surface area contributed by atoms with Crippen LogP contribution in [0.3, 0.4) is 0 Å². The number of aromatic nitrogens is 2. The minimum atomic E-state index is 0.463. The van der Waals surface area contributed by atoms with Crippen LogP contribution in [0.25, 0.3) is 0 Å². The minimum Gasteiger partial charge on any atom is -0.425 e. The summed E-state index contributed by atoms with van der Waals surface area (Å²) in [7, 11) is 0. The summed E-state index contributed by atoms with van der Waals surface area (Å²) in [5.74, 6) is 1.27. The largest absolute Gasteiger partial charge is 0.425 e. The van der Waals surface area contributed by atoms with Crippen molar-refractivity contribution in [1.29, 1.82) is 0 Å². The second kappa shape index (κ2) is 6.68. The van der Waals surface area contributed by atoms with Crippen LogP contribution in [0.4, 0.5) is 0 Å². The molecule has 0 aliphatic heterocycles. The van der Waals surface area contributed by atoms with E-state index >= 15 is 0 Å². The third-order valence-electron chi connectivity index (χ3n) is 2.70. The third-order valence-corrected chi connectivity index (χ3v) is 3.07. The van der Waals surface area contributed by atoms with Crippen LogP contribution in [-0.2, 0) is 12.8 Å². The van der Waals surface area contributed by atoms with Gasteiger partial charge in [-0.15, -0.1) is 10.2 Å². The van der Waals surface area contributed by atoms with Gasteiger partial charge in [-0.3, -0.25) is 0 Å². The Balaban J connectivity index is 1.92. The molecular formula is C14H18ClN3O. The van der Waals surface area contributed by atoms with E-state index < -0.39 is 0 Å². The van der Waals surface area contributed by atoms with Gasteiger partial charge in [0.05, 0.1) is 6.42 Å². The molecule has 0 fully saturated rings. The van der Waals surface area contributed by atoms with Gasteiger partial charge in [-0.25, -0.2) is 0 Å². The Hall–Kier alpha value is -1.39. The summed E-state index contributed by atoms with van der Waals surface area (Å²) in [6, 6.07) is 8.14. The summed E-state index contributed by atoms with van der Waals surface area (Å²) < 4.78 is 5.60. The maximum atomic E-state index is 6.10. The lowest BCUT2D eigenvalue weighted by Crippen LogP contribution is -2.25. The summed E-state index contributed by atoms with van der Waals surface area (Å²) in [5.41, 5.74) is 1.000. The van der Waals surface area contributed by atoms with Gasteiger partial charge in [-0.1, -0.05) is 43.6 Å². The van der Waals surface area contributed by atoms with E-state index in [9.17, 15) is 0 Å². The average molecular weight is 280 g/mol. The molecule has 0 radical (unpaired) electrons. The van der Waals surface area contributed by atoms with Crippen molar-refractivity contribution in [2.24, 2.45) is 0 Å². The number of hydrogen-bond donors (Lipinski definition) is 1. The smallest absolute Gasteiger partial charge is 0.220 e. The molecule has 5 heteroatoms. The molecular weight excluding hydrogens is 262 g/mol. The summed E-state index contributed by atoms with van der Waals surface area (Å²) in [4.78, 5) is 0. The lowest BCUT2D eigenvalue weighted by atomic mass is 10.1. The van der Waals surface area contributed by atoms with E-state index in [1.165, 1.54) is 0 Å². The number of rotatable bonds is 6. The summed E-state index contributed by atoms with van der Waals surface area (Å²) in [6.07, 6.45) is 1.32. The van der Waals surface area contributed by atoms with Gasteiger partial charge in [0.25, 0.3) is 0 Å². The standard InChI is InChI=1S/C14H18ClN3O/c1-10(2)16-8-7-13-17-18-14(19-13)9-11-5-3-4-6-12(11)15/h3-6,10,16H,7-9H2,1-2H3. The molecule has 102 valence electrons. The predicted octanol–water partition coefficient (Wildman–Crippen LogP) is 2.85. The number of halogens is 1. The Labute approximate surface area is 118 Å². The molecule has 2 aromatic rings. The topological polar surface area (TPSA) is 51.0 Å². The van der Waals surface area contributed by atoms with E-state index in [1.54, 1.807) is 0 Å². The normalized spacial score (nSPS) is 11.2. The third kappa shape index (κ3) is 4.33. The van der Waals surface area contributed by atoms with Gasteiger partial charge in [0, 0.05) is 24.0 Å². The maximum absolute atomic E-state index is 6.10. The van der Waals surface area contributed by atoms with E-state index in [2.05, 4.69) is 29.4 Å². The van der Waals surface area contributed by atoms with Gasteiger partial charge < -0.3 is 9.73 Å². The SMILES string of the molecule is CC(C)NCCc1nnc(Cc2ccccc2Cl)o1. The Morgan fingerprint density at radius 2 is 1.95 bits per heavy atom. The molecule has 0 aliphatic rings. The van der Waals surface area contributed by atoms with Gasteiger partial charge in [0.1, 0.15) is 0 Å². The van der Waals surface area contributed by atoms with Crippen molar-refractivity contribution in [1.82, 2.24) is 15.5 Å². The fourth-order valence-corrected chi connectivity index (χ4v) is 1.94. The number of nitrogens with zero attached hydrogens (tertiary/aromatic N) is 2. The van der Waals surface area contributed by atoms with E-state index in [0.717, 1.165) is 23.6 Å². The zero-order valence-electron chi connectivity index (χ0n) is 11.2. The molecule has 0 unspecified atom stereocenters. The van der Waals surface area contributed by atoms with Crippen LogP contribution < -0.4 is 5.32 Å². The van der Waals surface area contributed by atoms with Crippen molar-refractivity contribution >= 4 is 11.6 Å². The van der Waals surface area contributed by atoms with Gasteiger partial charge in [-0.05, 0) is 11.6 Å². The molecule has 0 aliphatic carbocycles. The summed E-state index contributed by atoms with van der Waals surface area (Å²) >= 11 is 6.10. The maximum Gasteiger partial charge on any atom is 0.220 e. The quantitative estimate of drug-likeness (QED) is 0.883. The molecule has 4 nitrogen and oxygen atoms in total. The Morgan fingerprint density at radius 3 is 2.68 bits per heavy atom. The minimum absolute atomic E-state index is 0.463. The molecule has 0 saturated heterocycles. The molecule has 1 heterocycles. The first-order chi connectivity index (χ1) is 9.15. The van der Waals surface area contributed by atoms with Crippen molar-refractivity contribution in [3.05, 3.63) is 46.6 Å². The fourth-order valence-electron chi connectivity index (χ4n) is 1.73. The molecule has 1 aromatic heterocycles. The molecule has 0 amide bonds. The highest BCUT2D eigenvalue weighted by atomic mass is 35.5. The molecule has 0 spiro atoms. The van der Waals surface area contributed by atoms with Gasteiger partial charge in [-0.2, -0.15) is 0 Å². The van der Waals surface area contributed by atoms with Crippen LogP contribution in [-0.4, -0.2) is 22.8 Å². The number of benzene rings is 1. The summed E-state index contributed by atoms with van der Waals surface area (Å²) in [6.45, 7) is 5.05. The monoisotopic (exact) mass is 279 g/mol. The molecule has 2 rings (SSSR count). The van der Waals surface area contributed by atoms with Crippen LogP contribution in [0.1, 0.15) is 31.2 Å². The van der Waals surface area contributed by atoms with Gasteiger partial charge in [0.2, 0.25) is 11.8 Å². The molecule has 19 heavy (non-hydrogen) atoms. The first-order valence-electron chi connectivity index (χ1n) is 6.43. The van der Waals surface area contributed by atoms with E-state index in [0.29, 0.717) is 24.2 Å². The van der Waals surface area contributed by atoms with Crippen LogP contribution in [0.5, 0.6) is 0 Å². The highest BCUT2D eigenvalue weighted by Crippen LogP contribution is 2.18. The zero-order chi connectivity index (χ0) is 13.7. The Kier molecular flexibility index (Phi) is 4.93. The lowest BCUT2D eigenvalue weighted by Gasteiger charge is -2.04. The van der Waals surface area contributed by atoms with E-state index in [-0.39, 0.29) is 0 Å². The number of hydrogen-bond acceptors (Lipinski definition) is 4. The van der Waals surface area contributed by atoms with E-state index in [1.807, 2.05) is 24.3 Å². The van der Waals surface area contributed by atoms with Crippen molar-refractivity contribution in [3.8, 4) is 0 Å². The highest BCUT2D eigenvalue weighted by Gasteiger charge is 2.08. The highest BCUT2D eigenvalue weighted by molar-refractivity contribution is 6.31. The Morgan fingerprint density at radius 1 is 1.21 bits per heavy atom. The molecule has 1 N–H and O–H groups in total. The van der Waals surface area contributed by atoms with Crippen LogP contribution in [0, 0.1) is 0 Å². The first-order valence-corrected chi connectivity index (χ1v) is 6.81. The number of nitrogens with one attached hydrogen (secondary N) is 1. The lowest BCUT2D eigenvalue weighted by molar-refractivity contribution is 0.446. The second-order valence-electron chi connectivity index (χ2n) is 4.72. The average Bonchev–Trinajstić information content (AvgIpc) is 2.79.